The van der Waals surface area contributed by atoms with Crippen molar-refractivity contribution in [2.75, 3.05) is 5.32 Å². The minimum absolute atomic E-state index is 0.240. The summed E-state index contributed by atoms with van der Waals surface area (Å²) in [6.07, 6.45) is 1.54. The van der Waals surface area contributed by atoms with Gasteiger partial charge in [0.2, 0.25) is 0 Å². The molecule has 0 aliphatic carbocycles. The quantitative estimate of drug-likeness (QED) is 0.840. The van der Waals surface area contributed by atoms with Crippen LogP contribution in [0.1, 0.15) is 21.6 Å². The number of hydrogen-bond acceptors (Lipinski definition) is 3. The first-order chi connectivity index (χ1) is 9.08. The van der Waals surface area contributed by atoms with Crippen molar-refractivity contribution in [3.05, 3.63) is 59.4 Å². The van der Waals surface area contributed by atoms with E-state index in [0.717, 1.165) is 5.69 Å². The van der Waals surface area contributed by atoms with Gasteiger partial charge < -0.3 is 11.1 Å². The summed E-state index contributed by atoms with van der Waals surface area (Å²) in [5.41, 5.74) is 8.21. The summed E-state index contributed by atoms with van der Waals surface area (Å²) in [5.74, 6) is -0.240. The molecule has 19 heavy (non-hydrogen) atoms. The molecule has 0 radical (unpaired) electrons. The highest BCUT2D eigenvalue weighted by Crippen LogP contribution is 2.16. The second-order valence-corrected chi connectivity index (χ2v) is 4.49. The second kappa shape index (κ2) is 5.58. The molecule has 0 fully saturated rings. The number of carbonyl (C=O) groups is 1. The van der Waals surface area contributed by atoms with Crippen LogP contribution in [0.5, 0.6) is 0 Å². The highest BCUT2D eigenvalue weighted by Gasteiger charge is 2.10. The molecule has 0 atom stereocenters. The van der Waals surface area contributed by atoms with Gasteiger partial charge in [-0.2, -0.15) is 0 Å². The van der Waals surface area contributed by atoms with E-state index in [0.29, 0.717) is 16.8 Å². The molecule has 0 bridgehead atoms. The number of benzene rings is 1. The number of rotatable bonds is 3. The molecule has 0 aliphatic heterocycles. The Hall–Kier alpha value is -2.27. The Balaban J connectivity index is 2.24. The molecule has 0 spiro atoms. The average molecular weight is 271 g/mol. The van der Waals surface area contributed by atoms with Crippen molar-refractivity contribution in [1.29, 1.82) is 0 Å². The Morgan fingerprint density at radius 2 is 2.00 bits per heavy atom. The van der Waals surface area contributed by atoms with Crippen LogP contribution in [-0.4, -0.2) is 15.9 Å². The number of pyridine rings is 1. The van der Waals surface area contributed by atoms with Crippen LogP contribution in [0.15, 0.2) is 42.6 Å². The summed E-state index contributed by atoms with van der Waals surface area (Å²) in [4.78, 5) is 16.4. The van der Waals surface area contributed by atoms with Gasteiger partial charge in [-0.25, -0.2) is 0 Å². The highest BCUT2D eigenvalue weighted by atomic mass is 32.1. The third-order valence-electron chi connectivity index (χ3n) is 2.61. The number of para-hydroxylation sites is 1. The van der Waals surface area contributed by atoms with Crippen molar-refractivity contribution in [3.63, 3.8) is 0 Å². The lowest BCUT2D eigenvalue weighted by molar-refractivity contribution is 0.102. The molecule has 1 amide bonds. The molecule has 2 rings (SSSR count). The van der Waals surface area contributed by atoms with Crippen molar-refractivity contribution in [2.45, 2.75) is 6.92 Å². The van der Waals surface area contributed by atoms with E-state index >= 15 is 0 Å². The fourth-order valence-electron chi connectivity index (χ4n) is 1.60. The van der Waals surface area contributed by atoms with Gasteiger partial charge in [-0.15, -0.1) is 0 Å². The standard InChI is InChI=1S/C14H13N3OS/c1-9-6-7-10(8-16-9)14(18)17-12-5-3-2-4-11(12)13(15)19/h2-8H,1H3,(H2,15,19)(H,17,18). The monoisotopic (exact) mass is 271 g/mol. The van der Waals surface area contributed by atoms with E-state index in [2.05, 4.69) is 10.3 Å². The minimum Gasteiger partial charge on any atom is -0.389 e. The number of nitrogens with zero attached hydrogens (tertiary/aromatic N) is 1. The van der Waals surface area contributed by atoms with Gasteiger partial charge in [-0.1, -0.05) is 24.4 Å². The van der Waals surface area contributed by atoms with Crippen molar-refractivity contribution in [1.82, 2.24) is 4.98 Å². The maximum atomic E-state index is 12.1. The Morgan fingerprint density at radius 3 is 2.63 bits per heavy atom. The average Bonchev–Trinajstić information content (AvgIpc) is 2.39. The normalized spacial score (nSPS) is 9.95. The Bertz CT molecular complexity index is 623. The van der Waals surface area contributed by atoms with Crippen LogP contribution in [0, 0.1) is 6.92 Å². The van der Waals surface area contributed by atoms with Gasteiger partial charge in [0, 0.05) is 17.5 Å². The number of nitrogens with one attached hydrogen (secondary N) is 1. The molecule has 3 N–H and O–H groups in total. The van der Waals surface area contributed by atoms with E-state index in [1.807, 2.05) is 19.1 Å². The molecule has 1 aromatic carbocycles. The Labute approximate surface area is 116 Å². The van der Waals surface area contributed by atoms with Crippen molar-refractivity contribution >= 4 is 28.8 Å². The van der Waals surface area contributed by atoms with Gasteiger partial charge in [0.1, 0.15) is 4.99 Å². The zero-order valence-electron chi connectivity index (χ0n) is 10.4. The first-order valence-corrected chi connectivity index (χ1v) is 6.11. The Kier molecular flexibility index (Phi) is 3.87. The van der Waals surface area contributed by atoms with E-state index < -0.39 is 0 Å². The van der Waals surface area contributed by atoms with Crippen LogP contribution in [-0.2, 0) is 0 Å². The molecule has 0 saturated carbocycles. The topological polar surface area (TPSA) is 68.0 Å². The van der Waals surface area contributed by atoms with E-state index in [1.54, 1.807) is 24.3 Å². The summed E-state index contributed by atoms with van der Waals surface area (Å²) in [6, 6.07) is 10.7. The number of carbonyl (C=O) groups excluding carboxylic acids is 1. The zero-order chi connectivity index (χ0) is 13.8. The summed E-state index contributed by atoms with van der Waals surface area (Å²) in [6.45, 7) is 1.86. The molecule has 4 nitrogen and oxygen atoms in total. The molecule has 0 saturated heterocycles. The van der Waals surface area contributed by atoms with E-state index in [-0.39, 0.29) is 10.9 Å². The number of nitrogens with two attached hydrogens (primary N) is 1. The molecule has 1 aromatic heterocycles. The van der Waals surface area contributed by atoms with Crippen molar-refractivity contribution in [2.24, 2.45) is 5.73 Å². The van der Waals surface area contributed by atoms with Crippen LogP contribution in [0.3, 0.4) is 0 Å². The predicted molar refractivity (Wildman–Crippen MR) is 79.3 cm³/mol. The lowest BCUT2D eigenvalue weighted by Gasteiger charge is -2.09. The first-order valence-electron chi connectivity index (χ1n) is 5.71. The molecule has 2 aromatic rings. The third-order valence-corrected chi connectivity index (χ3v) is 2.83. The van der Waals surface area contributed by atoms with Gasteiger partial charge in [0.05, 0.1) is 11.3 Å². The number of thiocarbonyl (C=S) groups is 1. The van der Waals surface area contributed by atoms with E-state index in [4.69, 9.17) is 18.0 Å². The molecule has 96 valence electrons. The largest absolute Gasteiger partial charge is 0.389 e. The molecule has 0 aliphatic rings. The molecule has 0 unspecified atom stereocenters. The molecular weight excluding hydrogens is 258 g/mol. The fourth-order valence-corrected chi connectivity index (χ4v) is 1.78. The Morgan fingerprint density at radius 1 is 1.26 bits per heavy atom. The SMILES string of the molecule is Cc1ccc(C(=O)Nc2ccccc2C(N)=S)cn1. The van der Waals surface area contributed by atoms with E-state index in [9.17, 15) is 4.79 Å². The molecule has 5 heteroatoms. The van der Waals surface area contributed by atoms with Gasteiger partial charge in [-0.05, 0) is 31.2 Å². The predicted octanol–water partition coefficient (Wildman–Crippen LogP) is 2.28. The fraction of sp³-hybridized carbons (Fsp3) is 0.0714. The number of anilines is 1. The number of hydrogen-bond donors (Lipinski definition) is 2. The minimum atomic E-state index is -0.240. The van der Waals surface area contributed by atoms with Gasteiger partial charge in [0.15, 0.2) is 0 Å². The maximum absolute atomic E-state index is 12.1. The molecular formula is C14H13N3OS. The molecule has 1 heterocycles. The summed E-state index contributed by atoms with van der Waals surface area (Å²) in [5, 5.41) is 2.78. The number of amides is 1. The van der Waals surface area contributed by atoms with Crippen LogP contribution < -0.4 is 11.1 Å². The lowest BCUT2D eigenvalue weighted by atomic mass is 10.1. The first kappa shape index (κ1) is 13.2. The summed E-state index contributed by atoms with van der Waals surface area (Å²) in [7, 11) is 0. The van der Waals surface area contributed by atoms with Crippen molar-refractivity contribution < 1.29 is 4.79 Å². The lowest BCUT2D eigenvalue weighted by Crippen LogP contribution is -2.17. The van der Waals surface area contributed by atoms with Crippen LogP contribution in [0.25, 0.3) is 0 Å². The van der Waals surface area contributed by atoms with Gasteiger partial charge in [0.25, 0.3) is 5.91 Å². The van der Waals surface area contributed by atoms with Crippen LogP contribution in [0.2, 0.25) is 0 Å². The third kappa shape index (κ3) is 3.14. The van der Waals surface area contributed by atoms with Gasteiger partial charge in [-0.3, -0.25) is 9.78 Å². The van der Waals surface area contributed by atoms with Crippen LogP contribution in [0.4, 0.5) is 5.69 Å². The zero-order valence-corrected chi connectivity index (χ0v) is 11.2. The number of aryl methyl sites for hydroxylation is 1. The second-order valence-electron chi connectivity index (χ2n) is 4.05. The summed E-state index contributed by atoms with van der Waals surface area (Å²) < 4.78 is 0. The van der Waals surface area contributed by atoms with E-state index in [1.165, 1.54) is 6.20 Å². The smallest absolute Gasteiger partial charge is 0.257 e. The van der Waals surface area contributed by atoms with Crippen molar-refractivity contribution in [3.8, 4) is 0 Å². The summed E-state index contributed by atoms with van der Waals surface area (Å²) >= 11 is 4.95. The highest BCUT2D eigenvalue weighted by molar-refractivity contribution is 7.80. The van der Waals surface area contributed by atoms with Crippen LogP contribution >= 0.6 is 12.2 Å². The number of aromatic nitrogens is 1. The maximum Gasteiger partial charge on any atom is 0.257 e. The van der Waals surface area contributed by atoms with Gasteiger partial charge >= 0.3 is 0 Å².